The molecule has 24 heavy (non-hydrogen) atoms. The van der Waals surface area contributed by atoms with Crippen LogP contribution < -0.4 is 5.32 Å². The van der Waals surface area contributed by atoms with Crippen molar-refractivity contribution in [2.45, 2.75) is 38.3 Å². The number of nitrogens with one attached hydrogen (secondary N) is 1. The first-order chi connectivity index (χ1) is 10.9. The van der Waals surface area contributed by atoms with E-state index in [4.69, 9.17) is 28.3 Å². The van der Waals surface area contributed by atoms with Crippen molar-refractivity contribution in [3.63, 3.8) is 0 Å². The van der Waals surface area contributed by atoms with Crippen LogP contribution in [0, 0.1) is 0 Å². The maximum absolute atomic E-state index is 11.6. The van der Waals surface area contributed by atoms with Crippen molar-refractivity contribution < 1.29 is 14.7 Å². The van der Waals surface area contributed by atoms with Crippen LogP contribution >= 0.6 is 23.2 Å². The van der Waals surface area contributed by atoms with Crippen molar-refractivity contribution in [3.8, 4) is 0 Å². The van der Waals surface area contributed by atoms with Gasteiger partial charge < -0.3 is 10.4 Å². The fourth-order valence-corrected chi connectivity index (χ4v) is 2.97. The molecule has 2 rings (SSSR count). The van der Waals surface area contributed by atoms with Crippen LogP contribution in [0.4, 0.5) is 0 Å². The molecule has 0 aromatic heterocycles. The second-order valence-corrected chi connectivity index (χ2v) is 6.57. The van der Waals surface area contributed by atoms with Crippen LogP contribution in [0.3, 0.4) is 0 Å². The summed E-state index contributed by atoms with van der Waals surface area (Å²) in [5, 5.41) is 12.6. The van der Waals surface area contributed by atoms with E-state index in [1.807, 2.05) is 12.1 Å². The van der Waals surface area contributed by atoms with Gasteiger partial charge in [-0.2, -0.15) is 0 Å². The number of aliphatic carboxylic acids is 1. The summed E-state index contributed by atoms with van der Waals surface area (Å²) < 4.78 is 0. The number of rotatable bonds is 6. The predicted molar refractivity (Wildman–Crippen MR) is 96.9 cm³/mol. The number of benzene rings is 1. The zero-order valence-electron chi connectivity index (χ0n) is 12.7. The number of amides is 1. The molecule has 1 amide bonds. The summed E-state index contributed by atoms with van der Waals surface area (Å²) in [7, 11) is 0. The molecule has 0 radical (unpaired) electrons. The van der Waals surface area contributed by atoms with Gasteiger partial charge in [-0.15, -0.1) is 0 Å². The average molecular weight is 367 g/mol. The molecular formula is C16H21Cl2LiN2O3. The molecule has 5 nitrogen and oxygen atoms in total. The third-order valence-corrected chi connectivity index (χ3v) is 4.65. The third kappa shape index (κ3) is 7.04. The van der Waals surface area contributed by atoms with Crippen LogP contribution in [-0.4, -0.2) is 59.9 Å². The third-order valence-electron chi connectivity index (χ3n) is 3.91. The van der Waals surface area contributed by atoms with Crippen molar-refractivity contribution in [2.24, 2.45) is 0 Å². The van der Waals surface area contributed by atoms with Gasteiger partial charge in [-0.05, 0) is 30.5 Å². The van der Waals surface area contributed by atoms with E-state index in [0.29, 0.717) is 10.0 Å². The second-order valence-electron chi connectivity index (χ2n) is 5.76. The van der Waals surface area contributed by atoms with Gasteiger partial charge in [0.1, 0.15) is 0 Å². The normalized spacial score (nSPS) is 15.6. The maximum atomic E-state index is 11.6. The van der Waals surface area contributed by atoms with Gasteiger partial charge in [0, 0.05) is 32.1 Å². The van der Waals surface area contributed by atoms with E-state index < -0.39 is 5.97 Å². The molecule has 8 heteroatoms. The molecule has 0 bridgehead atoms. The van der Waals surface area contributed by atoms with E-state index >= 15 is 0 Å². The molecule has 0 atom stereocenters. The zero-order valence-corrected chi connectivity index (χ0v) is 14.2. The van der Waals surface area contributed by atoms with Crippen molar-refractivity contribution in [2.75, 3.05) is 13.1 Å². The molecule has 2 N–H and O–H groups in total. The summed E-state index contributed by atoms with van der Waals surface area (Å²) in [6.45, 7) is 2.56. The molecule has 1 aliphatic heterocycles. The van der Waals surface area contributed by atoms with Crippen molar-refractivity contribution in [1.29, 1.82) is 0 Å². The number of piperidine rings is 1. The minimum absolute atomic E-state index is 0. The van der Waals surface area contributed by atoms with E-state index in [1.165, 1.54) is 0 Å². The summed E-state index contributed by atoms with van der Waals surface area (Å²) in [4.78, 5) is 24.4. The topological polar surface area (TPSA) is 69.6 Å². The van der Waals surface area contributed by atoms with Gasteiger partial charge in [-0.1, -0.05) is 29.3 Å². The summed E-state index contributed by atoms with van der Waals surface area (Å²) in [6.07, 6.45) is 1.64. The monoisotopic (exact) mass is 366 g/mol. The Bertz CT molecular complexity index is 578. The van der Waals surface area contributed by atoms with E-state index in [2.05, 4.69) is 10.2 Å². The minimum atomic E-state index is -0.948. The molecule has 1 aliphatic rings. The Balaban J connectivity index is 0.00000288. The Kier molecular flexibility index (Phi) is 9.18. The molecule has 1 fully saturated rings. The Morgan fingerprint density at radius 2 is 1.83 bits per heavy atom. The average Bonchev–Trinajstić information content (AvgIpc) is 2.51. The predicted octanol–water partition coefficient (Wildman–Crippen LogP) is 2.29. The SMILES string of the molecule is O=C(O)CCC(=O)NC1CCN(Cc2ccc(Cl)c(Cl)c2)CC1.[LiH]. The van der Waals surface area contributed by atoms with E-state index in [-0.39, 0.29) is 43.7 Å². The van der Waals surface area contributed by atoms with Crippen LogP contribution in [0.1, 0.15) is 31.2 Å². The summed E-state index contributed by atoms with van der Waals surface area (Å²) in [6, 6.07) is 5.77. The molecule has 128 valence electrons. The number of carboxylic acid groups (broad SMARTS) is 1. The number of carbonyl (C=O) groups is 2. The van der Waals surface area contributed by atoms with Gasteiger partial charge in [-0.3, -0.25) is 14.5 Å². The molecule has 1 aromatic rings. The molecule has 0 saturated carbocycles. The van der Waals surface area contributed by atoms with Crippen LogP contribution in [0.15, 0.2) is 18.2 Å². The molecule has 1 saturated heterocycles. The van der Waals surface area contributed by atoms with Gasteiger partial charge in [-0.25, -0.2) is 0 Å². The van der Waals surface area contributed by atoms with Crippen molar-refractivity contribution in [3.05, 3.63) is 33.8 Å². The standard InChI is InChI=1S/C16H20Cl2N2O3.Li.H/c17-13-2-1-11(9-14(13)18)10-20-7-5-12(6-8-20)19-15(21)3-4-16(22)23;;/h1-2,9,12H,3-8,10H2,(H,19,21)(H,22,23);;. The quantitative estimate of drug-likeness (QED) is 0.757. The number of halogens is 2. The first kappa shape index (κ1) is 21.3. The first-order valence-corrected chi connectivity index (χ1v) is 8.37. The Morgan fingerprint density at radius 1 is 1.17 bits per heavy atom. The van der Waals surface area contributed by atoms with Crippen molar-refractivity contribution in [1.82, 2.24) is 10.2 Å². The Labute approximate surface area is 163 Å². The zero-order chi connectivity index (χ0) is 16.8. The van der Waals surface area contributed by atoms with Crippen molar-refractivity contribution >= 4 is 53.9 Å². The fourth-order valence-electron chi connectivity index (χ4n) is 2.65. The van der Waals surface area contributed by atoms with E-state index in [0.717, 1.165) is 38.0 Å². The molecule has 1 aromatic carbocycles. The van der Waals surface area contributed by atoms with E-state index in [9.17, 15) is 9.59 Å². The first-order valence-electron chi connectivity index (χ1n) is 7.61. The van der Waals surface area contributed by atoms with Crippen LogP contribution in [0.2, 0.25) is 10.0 Å². The second kappa shape index (κ2) is 10.3. The molecule has 0 unspecified atom stereocenters. The molecule has 0 spiro atoms. The molecule has 1 heterocycles. The van der Waals surface area contributed by atoms with Gasteiger partial charge in [0.2, 0.25) is 5.91 Å². The van der Waals surface area contributed by atoms with Crippen LogP contribution in [-0.2, 0) is 16.1 Å². The summed E-state index contributed by atoms with van der Waals surface area (Å²) >= 11 is 11.9. The number of carboxylic acids is 1. The number of nitrogens with zero attached hydrogens (tertiary/aromatic N) is 1. The Hall–Kier alpha value is -0.703. The number of carbonyl (C=O) groups excluding carboxylic acids is 1. The summed E-state index contributed by atoms with van der Waals surface area (Å²) in [5.41, 5.74) is 1.11. The van der Waals surface area contributed by atoms with Crippen LogP contribution in [0.25, 0.3) is 0 Å². The van der Waals surface area contributed by atoms with Gasteiger partial charge in [0.05, 0.1) is 16.5 Å². The number of hydrogen-bond donors (Lipinski definition) is 2. The van der Waals surface area contributed by atoms with Gasteiger partial charge in [0.15, 0.2) is 0 Å². The van der Waals surface area contributed by atoms with E-state index in [1.54, 1.807) is 6.07 Å². The fraction of sp³-hybridized carbons (Fsp3) is 0.500. The summed E-state index contributed by atoms with van der Waals surface area (Å²) in [5.74, 6) is -1.13. The number of hydrogen-bond acceptors (Lipinski definition) is 3. The number of likely N-dealkylation sites (tertiary alicyclic amines) is 1. The molecular weight excluding hydrogens is 346 g/mol. The van der Waals surface area contributed by atoms with Crippen LogP contribution in [0.5, 0.6) is 0 Å². The van der Waals surface area contributed by atoms with Gasteiger partial charge in [0.25, 0.3) is 0 Å². The Morgan fingerprint density at radius 3 is 2.42 bits per heavy atom. The van der Waals surface area contributed by atoms with Gasteiger partial charge >= 0.3 is 24.8 Å². The molecule has 0 aliphatic carbocycles.